The van der Waals surface area contributed by atoms with Crippen LogP contribution in [0.4, 0.5) is 52.7 Å². The number of benzene rings is 4. The number of halogens is 12. The Morgan fingerprint density at radius 2 is 0.864 bits per heavy atom. The van der Waals surface area contributed by atoms with Crippen molar-refractivity contribution in [2.75, 3.05) is 27.1 Å². The van der Waals surface area contributed by atoms with Crippen LogP contribution in [0.3, 0.4) is 0 Å². The van der Waals surface area contributed by atoms with Gasteiger partial charge in [0, 0.05) is 41.9 Å². The Kier molecular flexibility index (Phi) is 20.8. The van der Waals surface area contributed by atoms with Crippen molar-refractivity contribution < 1.29 is 95.8 Å². The molecule has 0 aliphatic carbocycles. The molecule has 442 valence electrons. The van der Waals surface area contributed by atoms with Crippen LogP contribution in [-0.4, -0.2) is 92.3 Å². The molecule has 2 saturated heterocycles. The van der Waals surface area contributed by atoms with Crippen molar-refractivity contribution in [2.24, 2.45) is 0 Å². The summed E-state index contributed by atoms with van der Waals surface area (Å²) in [5, 5.41) is 9.35. The summed E-state index contributed by atoms with van der Waals surface area (Å²) in [5.41, 5.74) is -4.76. The molecule has 2 aliphatic heterocycles. The summed E-state index contributed by atoms with van der Waals surface area (Å²) in [5.74, 6) is 7.12. The first-order valence-electron chi connectivity index (χ1n) is 26.0. The Labute approximate surface area is 463 Å². The minimum absolute atomic E-state index is 0.00582. The van der Waals surface area contributed by atoms with Gasteiger partial charge in [0.2, 0.25) is 0 Å². The van der Waals surface area contributed by atoms with Gasteiger partial charge in [0.1, 0.15) is 43.7 Å². The highest BCUT2D eigenvalue weighted by Crippen LogP contribution is 2.47. The van der Waals surface area contributed by atoms with E-state index >= 15 is 0 Å². The van der Waals surface area contributed by atoms with Crippen LogP contribution in [0.5, 0.6) is 11.5 Å². The summed E-state index contributed by atoms with van der Waals surface area (Å²) in [6, 6.07) is 21.1. The molecule has 9 nitrogen and oxygen atoms in total. The van der Waals surface area contributed by atoms with Gasteiger partial charge in [0.15, 0.2) is 0 Å². The molecule has 2 fully saturated rings. The second-order valence-electron chi connectivity index (χ2n) is 20.0. The monoisotopic (exact) mass is 1160 g/mol. The van der Waals surface area contributed by atoms with E-state index in [0.29, 0.717) is 74.0 Å². The Morgan fingerprint density at radius 1 is 0.519 bits per heavy atom. The van der Waals surface area contributed by atoms with Crippen LogP contribution in [0, 0.1) is 51.4 Å². The summed E-state index contributed by atoms with van der Waals surface area (Å²) in [4.78, 5) is 22.7. The topological polar surface area (TPSA) is 110 Å². The van der Waals surface area contributed by atoms with Crippen molar-refractivity contribution >= 4 is 11.9 Å². The van der Waals surface area contributed by atoms with Gasteiger partial charge in [0.25, 0.3) is 0 Å². The first kappa shape index (κ1) is 65.4. The molecule has 6 rings (SSSR count). The number of carbonyl (C=O) groups is 2. The van der Waals surface area contributed by atoms with Crippen LogP contribution >= 0.6 is 0 Å². The number of esters is 2. The zero-order valence-electron chi connectivity index (χ0n) is 46.1. The average Bonchev–Trinajstić information content (AvgIpc) is 4.12. The van der Waals surface area contributed by atoms with Crippen molar-refractivity contribution in [1.29, 1.82) is 0 Å². The van der Waals surface area contributed by atoms with Gasteiger partial charge in [-0.1, -0.05) is 88.1 Å². The first-order chi connectivity index (χ1) is 37.7. The molecule has 0 saturated carbocycles. The standard InChI is InChI=1S/C31H34F6O5.C29H30F6O4/c1-6-28(7-2,24-10-12-26(21(4)17-24)40-18-25-11-13-27(38)42-25)23-9-8-22(20(3)16-23)14-15-29(30(32,33)34,31(35,36)37)41-19-39-5;1-5-26(6-2,22-9-11-24(19(4)16-22)38-17-23-10-12-25(36)39-23)21-8-7-20(18(3)15-21)13-14-27(37,28(30,31)32)29(33,34)35/h8-10,12,16-17,25H,6-7,11,13,18-19H2,1-5H3;7-9,11,15-16,23,37H,5-6,10,12,17H2,1-4H3/t25-;23-/m00/s1. The lowest BCUT2D eigenvalue weighted by atomic mass is 9.70. The van der Waals surface area contributed by atoms with E-state index < -0.39 is 53.5 Å². The fourth-order valence-electron chi connectivity index (χ4n) is 9.92. The summed E-state index contributed by atoms with van der Waals surface area (Å²) in [6.07, 6.45) is -19.7. The van der Waals surface area contributed by atoms with E-state index in [2.05, 4.69) is 15.4 Å². The molecule has 0 spiro atoms. The predicted molar refractivity (Wildman–Crippen MR) is 275 cm³/mol. The van der Waals surface area contributed by atoms with Crippen molar-refractivity contribution in [3.05, 3.63) is 128 Å². The molecule has 2 aliphatic rings. The molecule has 21 heteroatoms. The summed E-state index contributed by atoms with van der Waals surface area (Å²) >= 11 is 0. The third-order valence-corrected chi connectivity index (χ3v) is 15.0. The van der Waals surface area contributed by atoms with Crippen molar-refractivity contribution in [3.8, 4) is 35.2 Å². The SMILES string of the molecule is CCC(CC)(c1ccc(C#CC(O)(C(F)(F)F)C(F)(F)F)c(C)c1)c1ccc(OC[C@@H]2CCC(=O)O2)c(C)c1.CCC(CC)(c1ccc(C#CC(OCOC)(C(F)(F)F)C(F)(F)F)c(C)c1)c1ccc(OC[C@@H]2CCC(=O)O2)c(C)c1. The maximum absolute atomic E-state index is 13.7. The number of alkyl halides is 12. The molecular formula is C60H64F12O9. The van der Waals surface area contributed by atoms with Crippen LogP contribution in [0.25, 0.3) is 0 Å². The average molecular weight is 1160 g/mol. The van der Waals surface area contributed by atoms with Gasteiger partial charge in [-0.25, -0.2) is 0 Å². The van der Waals surface area contributed by atoms with Crippen LogP contribution < -0.4 is 9.47 Å². The smallest absolute Gasteiger partial charge is 0.438 e. The highest BCUT2D eigenvalue weighted by Gasteiger charge is 2.73. The molecule has 0 amide bonds. The van der Waals surface area contributed by atoms with E-state index in [0.717, 1.165) is 46.4 Å². The normalized spacial score (nSPS) is 16.3. The number of cyclic esters (lactones) is 2. The number of aliphatic hydroxyl groups is 1. The van der Waals surface area contributed by atoms with E-state index in [1.54, 1.807) is 38.1 Å². The van der Waals surface area contributed by atoms with Gasteiger partial charge < -0.3 is 33.5 Å². The van der Waals surface area contributed by atoms with Crippen molar-refractivity contribution in [1.82, 2.24) is 0 Å². The van der Waals surface area contributed by atoms with Gasteiger partial charge in [-0.2, -0.15) is 52.7 Å². The summed E-state index contributed by atoms with van der Waals surface area (Å²) in [6.45, 7) is 14.2. The van der Waals surface area contributed by atoms with Gasteiger partial charge in [-0.3, -0.25) is 9.59 Å². The highest BCUT2D eigenvalue weighted by molar-refractivity contribution is 5.72. The second kappa shape index (κ2) is 25.8. The molecule has 2 heterocycles. The zero-order valence-corrected chi connectivity index (χ0v) is 46.1. The van der Waals surface area contributed by atoms with Gasteiger partial charge in [-0.05, 0) is 147 Å². The molecule has 0 unspecified atom stereocenters. The molecular weight excluding hydrogens is 1090 g/mol. The predicted octanol–water partition coefficient (Wildman–Crippen LogP) is 14.0. The number of aryl methyl sites for hydroxylation is 4. The third-order valence-electron chi connectivity index (χ3n) is 15.0. The van der Waals surface area contributed by atoms with E-state index in [-0.39, 0.29) is 48.5 Å². The largest absolute Gasteiger partial charge is 0.489 e. The number of hydrogen-bond donors (Lipinski definition) is 1. The molecule has 0 bridgehead atoms. The number of rotatable bonds is 17. The fraction of sp³-hybridized carbons (Fsp3) is 0.500. The van der Waals surface area contributed by atoms with Crippen molar-refractivity contribution in [3.63, 3.8) is 0 Å². The number of methoxy groups -OCH3 is 1. The Balaban J connectivity index is 0.000000298. The van der Waals surface area contributed by atoms with Gasteiger partial charge in [0.05, 0.1) is 0 Å². The molecule has 0 aromatic heterocycles. The lowest BCUT2D eigenvalue weighted by Crippen LogP contribution is -2.58. The minimum Gasteiger partial charge on any atom is -0.489 e. The lowest BCUT2D eigenvalue weighted by Gasteiger charge is -2.34. The summed E-state index contributed by atoms with van der Waals surface area (Å²) < 4.78 is 191. The van der Waals surface area contributed by atoms with E-state index in [4.69, 9.17) is 18.9 Å². The molecule has 4 aromatic carbocycles. The van der Waals surface area contributed by atoms with Crippen LogP contribution in [0.2, 0.25) is 0 Å². The van der Waals surface area contributed by atoms with Crippen LogP contribution in [0.15, 0.2) is 72.8 Å². The van der Waals surface area contributed by atoms with Gasteiger partial charge >= 0.3 is 47.8 Å². The maximum atomic E-state index is 13.7. The number of hydrogen-bond acceptors (Lipinski definition) is 9. The fourth-order valence-corrected chi connectivity index (χ4v) is 9.92. The first-order valence-corrected chi connectivity index (χ1v) is 26.0. The maximum Gasteiger partial charge on any atom is 0.438 e. The lowest BCUT2D eigenvalue weighted by molar-refractivity contribution is -0.368. The van der Waals surface area contributed by atoms with Crippen LogP contribution in [-0.2, 0) is 39.4 Å². The number of ether oxygens (including phenoxy) is 6. The number of carbonyl (C=O) groups excluding carboxylic acids is 2. The molecule has 0 radical (unpaired) electrons. The summed E-state index contributed by atoms with van der Waals surface area (Å²) in [7, 11) is 0.915. The zero-order chi connectivity index (χ0) is 60.6. The molecule has 2 atom stereocenters. The van der Waals surface area contributed by atoms with E-state index in [9.17, 15) is 67.4 Å². The van der Waals surface area contributed by atoms with Gasteiger partial charge in [-0.15, -0.1) is 0 Å². The Hall–Kier alpha value is -6.42. The van der Waals surface area contributed by atoms with Crippen molar-refractivity contribution in [2.45, 2.75) is 166 Å². The van der Waals surface area contributed by atoms with E-state index in [1.165, 1.54) is 18.1 Å². The third kappa shape index (κ3) is 14.3. The van der Waals surface area contributed by atoms with E-state index in [1.807, 2.05) is 83.9 Å². The molecule has 4 aromatic rings. The molecule has 81 heavy (non-hydrogen) atoms. The Bertz CT molecular complexity index is 2960. The molecule has 1 N–H and O–H groups in total. The second-order valence-corrected chi connectivity index (χ2v) is 20.0. The highest BCUT2D eigenvalue weighted by atomic mass is 19.4. The Morgan fingerprint density at radius 3 is 1.15 bits per heavy atom. The van der Waals surface area contributed by atoms with Crippen LogP contribution in [0.1, 0.15) is 135 Å². The quantitative estimate of drug-likeness (QED) is 0.0478. The minimum atomic E-state index is -6.01.